The van der Waals surface area contributed by atoms with E-state index in [9.17, 15) is 14.0 Å². The third kappa shape index (κ3) is 3.93. The summed E-state index contributed by atoms with van der Waals surface area (Å²) in [6, 6.07) is 12.1. The maximum absolute atomic E-state index is 12.9. The summed E-state index contributed by atoms with van der Waals surface area (Å²) in [5.41, 5.74) is 4.04. The normalized spacial score (nSPS) is 16.8. The number of halogens is 1. The number of anilines is 1. The lowest BCUT2D eigenvalue weighted by molar-refractivity contribution is -0.126. The van der Waals surface area contributed by atoms with Gasteiger partial charge in [-0.3, -0.25) is 9.59 Å². The summed E-state index contributed by atoms with van der Waals surface area (Å²) in [6.07, 6.45) is 0.864. The summed E-state index contributed by atoms with van der Waals surface area (Å²) in [5.74, 6) is -0.727. The molecule has 0 bridgehead atoms. The predicted molar refractivity (Wildman–Crippen MR) is 99.5 cm³/mol. The van der Waals surface area contributed by atoms with Crippen LogP contribution in [0.3, 0.4) is 0 Å². The Balaban J connectivity index is 1.57. The van der Waals surface area contributed by atoms with E-state index < -0.39 is 0 Å². The molecule has 1 heterocycles. The molecule has 2 aromatic rings. The maximum atomic E-state index is 12.9. The summed E-state index contributed by atoms with van der Waals surface area (Å²) in [7, 11) is 0. The Hall–Kier alpha value is -2.69. The molecule has 3 rings (SSSR count). The molecule has 1 atom stereocenters. The first-order valence-electron chi connectivity index (χ1n) is 8.84. The quantitative estimate of drug-likeness (QED) is 0.897. The van der Waals surface area contributed by atoms with E-state index in [0.717, 1.165) is 22.4 Å². The Labute approximate surface area is 153 Å². The maximum Gasteiger partial charge on any atom is 0.227 e. The van der Waals surface area contributed by atoms with Crippen LogP contribution in [0.25, 0.3) is 0 Å². The van der Waals surface area contributed by atoms with Gasteiger partial charge in [0.2, 0.25) is 11.8 Å². The first-order valence-corrected chi connectivity index (χ1v) is 8.84. The number of carbonyl (C=O) groups excluding carboxylic acids is 2. The van der Waals surface area contributed by atoms with Gasteiger partial charge in [0.25, 0.3) is 0 Å². The first kappa shape index (κ1) is 18.1. The molecule has 1 aliphatic heterocycles. The fourth-order valence-corrected chi connectivity index (χ4v) is 3.27. The molecule has 1 unspecified atom stereocenters. The summed E-state index contributed by atoms with van der Waals surface area (Å²) in [4.78, 5) is 26.5. The topological polar surface area (TPSA) is 49.4 Å². The molecule has 136 valence electrons. The van der Waals surface area contributed by atoms with Gasteiger partial charge in [-0.15, -0.1) is 0 Å². The van der Waals surface area contributed by atoms with Crippen LogP contribution in [0.2, 0.25) is 0 Å². The van der Waals surface area contributed by atoms with Crippen molar-refractivity contribution >= 4 is 17.5 Å². The van der Waals surface area contributed by atoms with Gasteiger partial charge in [-0.2, -0.15) is 0 Å². The predicted octanol–water partition coefficient (Wildman–Crippen LogP) is 3.15. The number of hydrogen-bond donors (Lipinski definition) is 1. The molecule has 1 aliphatic rings. The largest absolute Gasteiger partial charge is 0.355 e. The van der Waals surface area contributed by atoms with Crippen LogP contribution in [0, 0.1) is 25.6 Å². The average molecular weight is 354 g/mol. The highest BCUT2D eigenvalue weighted by atomic mass is 19.1. The second kappa shape index (κ2) is 7.68. The molecule has 4 nitrogen and oxygen atoms in total. The van der Waals surface area contributed by atoms with Gasteiger partial charge in [-0.05, 0) is 55.2 Å². The van der Waals surface area contributed by atoms with Crippen molar-refractivity contribution in [3.8, 4) is 0 Å². The Morgan fingerprint density at radius 3 is 2.65 bits per heavy atom. The Morgan fingerprint density at radius 2 is 1.92 bits per heavy atom. The molecule has 0 aliphatic carbocycles. The number of aryl methyl sites for hydroxylation is 1. The van der Waals surface area contributed by atoms with E-state index in [2.05, 4.69) is 5.32 Å². The molecule has 5 heteroatoms. The summed E-state index contributed by atoms with van der Waals surface area (Å²) >= 11 is 0. The van der Waals surface area contributed by atoms with Crippen LogP contribution in [0.1, 0.15) is 23.1 Å². The van der Waals surface area contributed by atoms with E-state index in [4.69, 9.17) is 0 Å². The molecule has 2 aromatic carbocycles. The van der Waals surface area contributed by atoms with Crippen LogP contribution in [0.15, 0.2) is 42.5 Å². The number of amides is 2. The molecule has 0 radical (unpaired) electrons. The average Bonchev–Trinajstić information content (AvgIpc) is 3.01. The highest BCUT2D eigenvalue weighted by Gasteiger charge is 2.35. The molecule has 0 aromatic heterocycles. The Morgan fingerprint density at radius 1 is 1.19 bits per heavy atom. The minimum Gasteiger partial charge on any atom is -0.355 e. The van der Waals surface area contributed by atoms with Gasteiger partial charge in [0, 0.05) is 25.2 Å². The lowest BCUT2D eigenvalue weighted by atomic mass is 10.1. The number of nitrogens with zero attached hydrogens (tertiary/aromatic N) is 1. The molecule has 0 saturated carbocycles. The lowest BCUT2D eigenvalue weighted by Crippen LogP contribution is -2.34. The molecular formula is C21H23FN2O2. The Bertz CT molecular complexity index is 817. The van der Waals surface area contributed by atoms with Crippen molar-refractivity contribution in [3.05, 3.63) is 65.0 Å². The standard InChI is InChI=1S/C21H23FN2O2/c1-14-4-3-5-19(15(14)2)24-13-17(12-20(24)25)21(26)23-11-10-16-6-8-18(22)9-7-16/h3-9,17H,10-13H2,1-2H3,(H,23,26). The second-order valence-electron chi connectivity index (χ2n) is 6.79. The zero-order valence-electron chi connectivity index (χ0n) is 15.1. The first-order chi connectivity index (χ1) is 12.5. The van der Waals surface area contributed by atoms with Gasteiger partial charge in [-0.1, -0.05) is 24.3 Å². The van der Waals surface area contributed by atoms with Crippen molar-refractivity contribution < 1.29 is 14.0 Å². The van der Waals surface area contributed by atoms with Crippen molar-refractivity contribution in [3.63, 3.8) is 0 Å². The fourth-order valence-electron chi connectivity index (χ4n) is 3.27. The highest BCUT2D eigenvalue weighted by Crippen LogP contribution is 2.29. The van der Waals surface area contributed by atoms with Crippen molar-refractivity contribution in [2.24, 2.45) is 5.92 Å². The Kier molecular flexibility index (Phi) is 5.35. The third-order valence-corrected chi connectivity index (χ3v) is 4.99. The highest BCUT2D eigenvalue weighted by molar-refractivity contribution is 6.00. The molecule has 0 spiro atoms. The number of rotatable bonds is 5. The molecule has 2 amide bonds. The van der Waals surface area contributed by atoms with Gasteiger partial charge in [-0.25, -0.2) is 4.39 Å². The minimum absolute atomic E-state index is 0.0163. The van der Waals surface area contributed by atoms with E-state index in [-0.39, 0.29) is 30.0 Å². The molecule has 1 N–H and O–H groups in total. The minimum atomic E-state index is -0.337. The van der Waals surface area contributed by atoms with Gasteiger partial charge in [0.05, 0.1) is 5.92 Å². The number of nitrogens with one attached hydrogen (secondary N) is 1. The van der Waals surface area contributed by atoms with E-state index in [1.54, 1.807) is 17.0 Å². The van der Waals surface area contributed by atoms with Crippen molar-refractivity contribution in [1.82, 2.24) is 5.32 Å². The van der Waals surface area contributed by atoms with Crippen molar-refractivity contribution in [2.45, 2.75) is 26.7 Å². The van der Waals surface area contributed by atoms with E-state index in [1.807, 2.05) is 32.0 Å². The zero-order valence-corrected chi connectivity index (χ0v) is 15.1. The van der Waals surface area contributed by atoms with Crippen LogP contribution in [0.5, 0.6) is 0 Å². The number of hydrogen-bond acceptors (Lipinski definition) is 2. The molecule has 1 fully saturated rings. The summed E-state index contributed by atoms with van der Waals surface area (Å²) in [6.45, 7) is 4.89. The smallest absolute Gasteiger partial charge is 0.227 e. The third-order valence-electron chi connectivity index (χ3n) is 4.99. The second-order valence-corrected chi connectivity index (χ2v) is 6.79. The van der Waals surface area contributed by atoms with Gasteiger partial charge >= 0.3 is 0 Å². The van der Waals surface area contributed by atoms with E-state index in [1.165, 1.54) is 12.1 Å². The van der Waals surface area contributed by atoms with Crippen molar-refractivity contribution in [1.29, 1.82) is 0 Å². The molecular weight excluding hydrogens is 331 g/mol. The van der Waals surface area contributed by atoms with Crippen molar-refractivity contribution in [2.75, 3.05) is 18.0 Å². The van der Waals surface area contributed by atoms with Crippen LogP contribution in [-0.4, -0.2) is 24.9 Å². The molecule has 1 saturated heterocycles. The van der Waals surface area contributed by atoms with Crippen LogP contribution >= 0.6 is 0 Å². The fraction of sp³-hybridized carbons (Fsp3) is 0.333. The van der Waals surface area contributed by atoms with E-state index >= 15 is 0 Å². The van der Waals surface area contributed by atoms with Crippen LogP contribution in [0.4, 0.5) is 10.1 Å². The molecule has 26 heavy (non-hydrogen) atoms. The van der Waals surface area contributed by atoms with Gasteiger partial charge in [0.15, 0.2) is 0 Å². The van der Waals surface area contributed by atoms with Crippen LogP contribution < -0.4 is 10.2 Å². The summed E-state index contributed by atoms with van der Waals surface area (Å²) in [5, 5.41) is 2.89. The number of benzene rings is 2. The van der Waals surface area contributed by atoms with Gasteiger partial charge < -0.3 is 10.2 Å². The van der Waals surface area contributed by atoms with Crippen LogP contribution in [-0.2, 0) is 16.0 Å². The lowest BCUT2D eigenvalue weighted by Gasteiger charge is -2.20. The number of carbonyl (C=O) groups is 2. The zero-order chi connectivity index (χ0) is 18.7. The van der Waals surface area contributed by atoms with E-state index in [0.29, 0.717) is 19.5 Å². The summed E-state index contributed by atoms with van der Waals surface area (Å²) < 4.78 is 12.9. The monoisotopic (exact) mass is 354 g/mol. The SMILES string of the molecule is Cc1cccc(N2CC(C(=O)NCCc3ccc(F)cc3)CC2=O)c1C. The van der Waals surface area contributed by atoms with Gasteiger partial charge in [0.1, 0.15) is 5.82 Å².